The summed E-state index contributed by atoms with van der Waals surface area (Å²) in [7, 11) is 0. The van der Waals surface area contributed by atoms with Gasteiger partial charge in [0.05, 0.1) is 5.25 Å². The third kappa shape index (κ3) is 5.96. The maximum Gasteiger partial charge on any atom is 0.237 e. The Balaban J connectivity index is 1.87. The fraction of sp³-hybridized carbons (Fsp3) is 0.353. The van der Waals surface area contributed by atoms with Crippen molar-refractivity contribution in [2.24, 2.45) is 0 Å². The van der Waals surface area contributed by atoms with Crippen LogP contribution in [0.5, 0.6) is 0 Å². The average Bonchev–Trinajstić information content (AvgIpc) is 3.01. The maximum absolute atomic E-state index is 12.3. The van der Waals surface area contributed by atoms with Crippen LogP contribution in [-0.2, 0) is 11.2 Å². The molecular formula is C17H21N3OS3. The molecule has 0 aliphatic rings. The molecule has 1 amide bonds. The van der Waals surface area contributed by atoms with Crippen molar-refractivity contribution in [3.63, 3.8) is 0 Å². The van der Waals surface area contributed by atoms with Crippen molar-refractivity contribution in [3.8, 4) is 0 Å². The number of amides is 1. The quantitative estimate of drug-likeness (QED) is 0.523. The third-order valence-corrected chi connectivity index (χ3v) is 6.58. The average molecular weight is 380 g/mol. The van der Waals surface area contributed by atoms with Crippen molar-refractivity contribution in [1.29, 1.82) is 0 Å². The molecule has 0 saturated heterocycles. The number of benzene rings is 1. The van der Waals surface area contributed by atoms with E-state index in [0.29, 0.717) is 0 Å². The second-order valence-corrected chi connectivity index (χ2v) is 9.17. The number of rotatable bonds is 8. The molecule has 1 aromatic heterocycles. The highest BCUT2D eigenvalue weighted by Gasteiger charge is 2.17. The number of nitrogens with zero attached hydrogens (tertiary/aromatic N) is 2. The second-order valence-electron chi connectivity index (χ2n) is 5.38. The van der Waals surface area contributed by atoms with E-state index in [9.17, 15) is 4.79 Å². The number of thioether (sulfide) groups is 2. The van der Waals surface area contributed by atoms with E-state index in [0.717, 1.165) is 32.1 Å². The van der Waals surface area contributed by atoms with Gasteiger partial charge in [0, 0.05) is 11.4 Å². The van der Waals surface area contributed by atoms with Gasteiger partial charge in [0.25, 0.3) is 0 Å². The van der Waals surface area contributed by atoms with E-state index >= 15 is 0 Å². The standard InChI is InChI=1S/C17H21N3OS3/c1-5-13-6-8-14(9-7-13)18-15(21)12(4)23-17-20-19-16(24-17)22-10-11(2)3/h6-9,12H,2,5,10H2,1,3-4H3,(H,18,21)/t12-/m1/s1. The molecule has 1 N–H and O–H groups in total. The molecule has 1 aromatic carbocycles. The van der Waals surface area contributed by atoms with Crippen molar-refractivity contribution in [2.75, 3.05) is 11.1 Å². The van der Waals surface area contributed by atoms with Crippen molar-refractivity contribution < 1.29 is 4.79 Å². The third-order valence-electron chi connectivity index (χ3n) is 3.11. The number of anilines is 1. The van der Waals surface area contributed by atoms with Crippen molar-refractivity contribution in [1.82, 2.24) is 10.2 Å². The first-order valence-corrected chi connectivity index (χ1v) is 10.3. The van der Waals surface area contributed by atoms with Crippen molar-refractivity contribution in [3.05, 3.63) is 42.0 Å². The van der Waals surface area contributed by atoms with Gasteiger partial charge in [0.2, 0.25) is 5.91 Å². The largest absolute Gasteiger partial charge is 0.325 e. The zero-order valence-corrected chi connectivity index (χ0v) is 16.5. The highest BCUT2D eigenvalue weighted by atomic mass is 32.2. The van der Waals surface area contributed by atoms with Crippen LogP contribution in [0.15, 0.2) is 45.1 Å². The van der Waals surface area contributed by atoms with Gasteiger partial charge in [-0.15, -0.1) is 10.2 Å². The van der Waals surface area contributed by atoms with Gasteiger partial charge >= 0.3 is 0 Å². The maximum atomic E-state index is 12.3. The fourth-order valence-electron chi connectivity index (χ4n) is 1.76. The lowest BCUT2D eigenvalue weighted by molar-refractivity contribution is -0.115. The predicted octanol–water partition coefficient (Wildman–Crippen LogP) is 4.89. The Morgan fingerprint density at radius 1 is 1.29 bits per heavy atom. The molecule has 128 valence electrons. The molecule has 1 atom stereocenters. The molecule has 1 heterocycles. The Bertz CT molecular complexity index is 697. The van der Waals surface area contributed by atoms with Crippen LogP contribution in [0.2, 0.25) is 0 Å². The molecule has 2 rings (SSSR count). The fourth-order valence-corrected chi connectivity index (χ4v) is 4.77. The van der Waals surface area contributed by atoms with E-state index in [1.165, 1.54) is 28.7 Å². The molecule has 4 nitrogen and oxygen atoms in total. The molecule has 0 radical (unpaired) electrons. The Labute approximate surface area is 155 Å². The van der Waals surface area contributed by atoms with Crippen LogP contribution in [0.4, 0.5) is 5.69 Å². The lowest BCUT2D eigenvalue weighted by Crippen LogP contribution is -2.22. The van der Waals surface area contributed by atoms with E-state index in [1.54, 1.807) is 11.8 Å². The molecule has 0 fully saturated rings. The Morgan fingerprint density at radius 2 is 1.96 bits per heavy atom. The number of aromatic nitrogens is 2. The molecule has 0 aliphatic carbocycles. The molecule has 0 spiro atoms. The van der Waals surface area contributed by atoms with Gasteiger partial charge in [0.1, 0.15) is 0 Å². The van der Waals surface area contributed by atoms with Gasteiger partial charge in [-0.1, -0.05) is 66.1 Å². The Kier molecular flexibility index (Phi) is 7.33. The van der Waals surface area contributed by atoms with Crippen LogP contribution < -0.4 is 5.32 Å². The van der Waals surface area contributed by atoms with E-state index in [-0.39, 0.29) is 11.2 Å². The summed E-state index contributed by atoms with van der Waals surface area (Å²) in [5.74, 6) is 0.805. The summed E-state index contributed by atoms with van der Waals surface area (Å²) < 4.78 is 1.71. The first-order valence-electron chi connectivity index (χ1n) is 7.65. The van der Waals surface area contributed by atoms with E-state index in [2.05, 4.69) is 29.0 Å². The zero-order valence-electron chi connectivity index (χ0n) is 14.0. The van der Waals surface area contributed by atoms with Gasteiger partial charge < -0.3 is 5.32 Å². The number of nitrogens with one attached hydrogen (secondary N) is 1. The monoisotopic (exact) mass is 379 g/mol. The van der Waals surface area contributed by atoms with Gasteiger partial charge in [-0.05, 0) is 38.0 Å². The van der Waals surface area contributed by atoms with Crippen LogP contribution in [0, 0.1) is 0 Å². The number of hydrogen-bond donors (Lipinski definition) is 1. The summed E-state index contributed by atoms with van der Waals surface area (Å²) in [5, 5.41) is 11.0. The zero-order chi connectivity index (χ0) is 17.5. The number of carbonyl (C=O) groups is 1. The van der Waals surface area contributed by atoms with Crippen LogP contribution in [0.1, 0.15) is 26.3 Å². The summed E-state index contributed by atoms with van der Waals surface area (Å²) in [6.07, 6.45) is 0.989. The van der Waals surface area contributed by atoms with Crippen LogP contribution in [0.25, 0.3) is 0 Å². The summed E-state index contributed by atoms with van der Waals surface area (Å²) in [5.41, 5.74) is 3.18. The minimum absolute atomic E-state index is 0.0319. The van der Waals surface area contributed by atoms with Crippen molar-refractivity contribution >= 4 is 46.5 Å². The smallest absolute Gasteiger partial charge is 0.237 e. The van der Waals surface area contributed by atoms with E-state index in [1.807, 2.05) is 38.1 Å². The van der Waals surface area contributed by atoms with Crippen LogP contribution >= 0.6 is 34.9 Å². The van der Waals surface area contributed by atoms with Gasteiger partial charge in [-0.25, -0.2) is 0 Å². The molecule has 0 saturated carbocycles. The minimum Gasteiger partial charge on any atom is -0.325 e. The molecule has 0 unspecified atom stereocenters. The normalized spacial score (nSPS) is 12.0. The highest BCUT2D eigenvalue weighted by Crippen LogP contribution is 2.32. The number of carbonyl (C=O) groups excluding carboxylic acids is 1. The molecule has 0 bridgehead atoms. The van der Waals surface area contributed by atoms with E-state index in [4.69, 9.17) is 0 Å². The van der Waals surface area contributed by atoms with Gasteiger partial charge in [0.15, 0.2) is 8.68 Å². The molecule has 7 heteroatoms. The van der Waals surface area contributed by atoms with Gasteiger partial charge in [-0.3, -0.25) is 4.79 Å². The SMILES string of the molecule is C=C(C)CSc1nnc(S[C@H](C)C(=O)Nc2ccc(CC)cc2)s1. The Morgan fingerprint density at radius 3 is 2.58 bits per heavy atom. The Hall–Kier alpha value is -1.31. The topological polar surface area (TPSA) is 54.9 Å². The summed E-state index contributed by atoms with van der Waals surface area (Å²) in [6.45, 7) is 9.85. The molecule has 24 heavy (non-hydrogen) atoms. The highest BCUT2D eigenvalue weighted by molar-refractivity contribution is 8.04. The lowest BCUT2D eigenvalue weighted by Gasteiger charge is -2.10. The predicted molar refractivity (Wildman–Crippen MR) is 105 cm³/mol. The lowest BCUT2D eigenvalue weighted by atomic mass is 10.1. The number of aryl methyl sites for hydroxylation is 1. The van der Waals surface area contributed by atoms with Crippen LogP contribution in [0.3, 0.4) is 0 Å². The first kappa shape index (κ1) is 19.0. The second kappa shape index (κ2) is 9.25. The van der Waals surface area contributed by atoms with Crippen molar-refractivity contribution in [2.45, 2.75) is 41.1 Å². The summed E-state index contributed by atoms with van der Waals surface area (Å²) in [4.78, 5) is 12.3. The molecular weight excluding hydrogens is 358 g/mol. The number of hydrogen-bond acceptors (Lipinski definition) is 6. The minimum atomic E-state index is -0.234. The first-order chi connectivity index (χ1) is 11.5. The molecule has 0 aliphatic heterocycles. The summed E-state index contributed by atoms with van der Waals surface area (Å²) in [6, 6.07) is 7.93. The molecule has 2 aromatic rings. The van der Waals surface area contributed by atoms with E-state index < -0.39 is 0 Å². The summed E-state index contributed by atoms with van der Waals surface area (Å²) >= 11 is 4.57. The van der Waals surface area contributed by atoms with Gasteiger partial charge in [-0.2, -0.15) is 0 Å². The van der Waals surface area contributed by atoms with Crippen LogP contribution in [-0.4, -0.2) is 27.1 Å².